The zero-order chi connectivity index (χ0) is 17.0. The highest BCUT2D eigenvalue weighted by molar-refractivity contribution is 6.32. The van der Waals surface area contributed by atoms with E-state index in [1.807, 2.05) is 19.1 Å². The van der Waals surface area contributed by atoms with Crippen LogP contribution in [-0.2, 0) is 9.59 Å². The van der Waals surface area contributed by atoms with Gasteiger partial charge in [-0.1, -0.05) is 17.7 Å². The second-order valence-corrected chi connectivity index (χ2v) is 6.54. The fourth-order valence-corrected chi connectivity index (χ4v) is 3.00. The van der Waals surface area contributed by atoms with Crippen molar-refractivity contribution in [2.45, 2.75) is 39.2 Å². The van der Waals surface area contributed by atoms with Crippen LogP contribution in [0.5, 0.6) is 5.75 Å². The molecule has 0 aliphatic carbocycles. The normalized spacial score (nSPS) is 16.9. The Bertz CT molecular complexity index is 583. The van der Waals surface area contributed by atoms with Gasteiger partial charge < -0.3 is 15.4 Å². The largest absolute Gasteiger partial charge is 0.479 e. The van der Waals surface area contributed by atoms with Crippen LogP contribution < -0.4 is 10.5 Å². The van der Waals surface area contributed by atoms with E-state index in [9.17, 15) is 9.59 Å². The molecule has 0 spiro atoms. The lowest BCUT2D eigenvalue weighted by atomic mass is 9.93. The van der Waals surface area contributed by atoms with Crippen molar-refractivity contribution in [3.63, 3.8) is 0 Å². The molecule has 0 radical (unpaired) electrons. The zero-order valence-electron chi connectivity index (χ0n) is 13.5. The molecule has 0 aromatic heterocycles. The standard InChI is InChI=1S/C17H23ClN2O3/c1-11-3-4-14(18)15(9-11)23-12(2)17(22)20-7-5-13(6-8-20)10-16(19)21/h3-4,9,12-13H,5-8,10H2,1-2H3,(H2,19,21). The molecule has 2 rings (SSSR count). The summed E-state index contributed by atoms with van der Waals surface area (Å²) >= 11 is 6.10. The fourth-order valence-electron chi connectivity index (χ4n) is 2.84. The van der Waals surface area contributed by atoms with E-state index in [2.05, 4.69) is 0 Å². The van der Waals surface area contributed by atoms with Crippen LogP contribution in [0.1, 0.15) is 31.7 Å². The number of ether oxygens (including phenoxy) is 1. The van der Waals surface area contributed by atoms with Gasteiger partial charge in [-0.25, -0.2) is 0 Å². The Kier molecular flexibility index (Phi) is 5.88. The first-order valence-corrected chi connectivity index (χ1v) is 8.24. The van der Waals surface area contributed by atoms with Crippen molar-refractivity contribution in [2.75, 3.05) is 13.1 Å². The number of aryl methyl sites for hydroxylation is 1. The molecule has 1 heterocycles. The third-order valence-corrected chi connectivity index (χ3v) is 4.47. The summed E-state index contributed by atoms with van der Waals surface area (Å²) in [5.74, 6) is 0.468. The Labute approximate surface area is 141 Å². The molecule has 1 aromatic carbocycles. The quantitative estimate of drug-likeness (QED) is 0.896. The summed E-state index contributed by atoms with van der Waals surface area (Å²) in [6.07, 6.45) is 1.40. The number of rotatable bonds is 5. The molecule has 6 heteroatoms. The van der Waals surface area contributed by atoms with Crippen LogP contribution in [0.2, 0.25) is 5.02 Å². The first-order valence-electron chi connectivity index (χ1n) is 7.86. The number of likely N-dealkylation sites (tertiary alicyclic amines) is 1. The highest BCUT2D eigenvalue weighted by Gasteiger charge is 2.27. The summed E-state index contributed by atoms with van der Waals surface area (Å²) < 4.78 is 5.74. The van der Waals surface area contributed by atoms with Gasteiger partial charge in [0, 0.05) is 19.5 Å². The SMILES string of the molecule is Cc1ccc(Cl)c(OC(C)C(=O)N2CCC(CC(N)=O)CC2)c1. The van der Waals surface area contributed by atoms with Crippen molar-refractivity contribution < 1.29 is 14.3 Å². The minimum Gasteiger partial charge on any atom is -0.479 e. The number of halogens is 1. The average molecular weight is 339 g/mol. The number of carbonyl (C=O) groups is 2. The molecule has 1 saturated heterocycles. The molecule has 126 valence electrons. The van der Waals surface area contributed by atoms with Crippen molar-refractivity contribution >= 4 is 23.4 Å². The number of benzene rings is 1. The third kappa shape index (κ3) is 4.86. The van der Waals surface area contributed by atoms with E-state index in [1.54, 1.807) is 17.9 Å². The minimum atomic E-state index is -0.595. The Hall–Kier alpha value is -1.75. The molecule has 1 aromatic rings. The van der Waals surface area contributed by atoms with Gasteiger partial charge in [-0.3, -0.25) is 9.59 Å². The van der Waals surface area contributed by atoms with Gasteiger partial charge in [0.2, 0.25) is 5.91 Å². The molecule has 1 atom stereocenters. The third-order valence-electron chi connectivity index (χ3n) is 4.15. The molecular formula is C17H23ClN2O3. The Morgan fingerprint density at radius 1 is 1.39 bits per heavy atom. The minimum absolute atomic E-state index is 0.0555. The fraction of sp³-hybridized carbons (Fsp3) is 0.529. The van der Waals surface area contributed by atoms with Crippen molar-refractivity contribution in [3.05, 3.63) is 28.8 Å². The molecule has 2 N–H and O–H groups in total. The van der Waals surface area contributed by atoms with E-state index in [-0.39, 0.29) is 17.7 Å². The number of carbonyl (C=O) groups excluding carboxylic acids is 2. The number of hydrogen-bond donors (Lipinski definition) is 1. The maximum Gasteiger partial charge on any atom is 0.263 e. The lowest BCUT2D eigenvalue weighted by Gasteiger charge is -2.33. The summed E-state index contributed by atoms with van der Waals surface area (Å²) in [6, 6.07) is 5.48. The van der Waals surface area contributed by atoms with E-state index in [1.165, 1.54) is 0 Å². The monoisotopic (exact) mass is 338 g/mol. The highest BCUT2D eigenvalue weighted by atomic mass is 35.5. The summed E-state index contributed by atoms with van der Waals surface area (Å²) in [5.41, 5.74) is 6.25. The summed E-state index contributed by atoms with van der Waals surface area (Å²) in [6.45, 7) is 4.94. The van der Waals surface area contributed by atoms with Crippen LogP contribution in [0.3, 0.4) is 0 Å². The van der Waals surface area contributed by atoms with Gasteiger partial charge in [-0.2, -0.15) is 0 Å². The van der Waals surface area contributed by atoms with Gasteiger partial charge >= 0.3 is 0 Å². The molecule has 2 amide bonds. The van der Waals surface area contributed by atoms with Crippen LogP contribution in [0.4, 0.5) is 0 Å². The summed E-state index contributed by atoms with van der Waals surface area (Å²) in [4.78, 5) is 25.2. The van der Waals surface area contributed by atoms with Gasteiger partial charge in [0.05, 0.1) is 5.02 Å². The van der Waals surface area contributed by atoms with Crippen LogP contribution >= 0.6 is 11.6 Å². The Morgan fingerprint density at radius 3 is 2.65 bits per heavy atom. The second kappa shape index (κ2) is 7.68. The first kappa shape index (κ1) is 17.6. The molecule has 5 nitrogen and oxygen atoms in total. The molecule has 23 heavy (non-hydrogen) atoms. The van der Waals surface area contributed by atoms with Gasteiger partial charge in [0.25, 0.3) is 5.91 Å². The Morgan fingerprint density at radius 2 is 2.04 bits per heavy atom. The number of hydrogen-bond acceptors (Lipinski definition) is 3. The highest BCUT2D eigenvalue weighted by Crippen LogP contribution is 2.27. The van der Waals surface area contributed by atoms with Gasteiger partial charge in [0.1, 0.15) is 5.75 Å². The van der Waals surface area contributed by atoms with Crippen LogP contribution in [0.15, 0.2) is 18.2 Å². The number of amides is 2. The molecule has 1 unspecified atom stereocenters. The van der Waals surface area contributed by atoms with E-state index >= 15 is 0 Å². The van der Waals surface area contributed by atoms with Crippen molar-refractivity contribution in [1.82, 2.24) is 4.90 Å². The lowest BCUT2D eigenvalue weighted by Crippen LogP contribution is -2.45. The zero-order valence-corrected chi connectivity index (χ0v) is 14.3. The second-order valence-electron chi connectivity index (χ2n) is 6.13. The van der Waals surface area contributed by atoms with E-state index in [0.717, 1.165) is 18.4 Å². The van der Waals surface area contributed by atoms with E-state index in [0.29, 0.717) is 30.3 Å². The maximum absolute atomic E-state index is 12.5. The predicted octanol–water partition coefficient (Wildman–Crippen LogP) is 2.53. The Balaban J connectivity index is 1.90. The molecule has 1 fully saturated rings. The van der Waals surface area contributed by atoms with E-state index in [4.69, 9.17) is 22.1 Å². The van der Waals surface area contributed by atoms with Crippen LogP contribution in [0.25, 0.3) is 0 Å². The first-order chi connectivity index (χ1) is 10.9. The lowest BCUT2D eigenvalue weighted by molar-refractivity contribution is -0.139. The number of nitrogens with zero attached hydrogens (tertiary/aromatic N) is 1. The van der Waals surface area contributed by atoms with Gasteiger partial charge in [-0.05, 0) is 50.3 Å². The molecule has 0 bridgehead atoms. The maximum atomic E-state index is 12.5. The van der Waals surface area contributed by atoms with Crippen LogP contribution in [-0.4, -0.2) is 35.9 Å². The molecule has 1 aliphatic heterocycles. The van der Waals surface area contributed by atoms with Crippen molar-refractivity contribution in [1.29, 1.82) is 0 Å². The number of nitrogens with two attached hydrogens (primary N) is 1. The predicted molar refractivity (Wildman–Crippen MR) is 89.4 cm³/mol. The number of piperidine rings is 1. The smallest absolute Gasteiger partial charge is 0.263 e. The van der Waals surface area contributed by atoms with Crippen molar-refractivity contribution in [2.24, 2.45) is 11.7 Å². The topological polar surface area (TPSA) is 72.6 Å². The molecule has 0 saturated carbocycles. The molecule has 1 aliphatic rings. The van der Waals surface area contributed by atoms with Crippen molar-refractivity contribution in [3.8, 4) is 5.75 Å². The van der Waals surface area contributed by atoms with Gasteiger partial charge in [0.15, 0.2) is 6.10 Å². The number of primary amides is 1. The van der Waals surface area contributed by atoms with Gasteiger partial charge in [-0.15, -0.1) is 0 Å². The summed E-state index contributed by atoms with van der Waals surface area (Å²) in [7, 11) is 0. The summed E-state index contributed by atoms with van der Waals surface area (Å²) in [5, 5.41) is 0.496. The van der Waals surface area contributed by atoms with Crippen LogP contribution in [0, 0.1) is 12.8 Å². The van der Waals surface area contributed by atoms with E-state index < -0.39 is 6.10 Å². The average Bonchev–Trinajstić information content (AvgIpc) is 2.50. The molecular weight excluding hydrogens is 316 g/mol.